The summed E-state index contributed by atoms with van der Waals surface area (Å²) in [7, 11) is 2.91. The summed E-state index contributed by atoms with van der Waals surface area (Å²) in [6.45, 7) is 0.0797. The molecule has 5 heteroatoms. The van der Waals surface area contributed by atoms with Gasteiger partial charge in [0, 0.05) is 12.7 Å². The van der Waals surface area contributed by atoms with Crippen LogP contribution >= 0.6 is 0 Å². The Morgan fingerprint density at radius 3 is 2.73 bits per heavy atom. The van der Waals surface area contributed by atoms with Gasteiger partial charge in [-0.1, -0.05) is 5.16 Å². The van der Waals surface area contributed by atoms with Gasteiger partial charge in [-0.2, -0.15) is 0 Å². The fourth-order valence-electron chi connectivity index (χ4n) is 1.20. The second kappa shape index (κ2) is 5.31. The van der Waals surface area contributed by atoms with E-state index in [1.807, 2.05) is 0 Å². The van der Waals surface area contributed by atoms with Gasteiger partial charge in [0.15, 0.2) is 0 Å². The number of benzene rings is 1. The summed E-state index contributed by atoms with van der Waals surface area (Å²) in [6.07, 6.45) is 0. The van der Waals surface area contributed by atoms with Crippen molar-refractivity contribution in [3.05, 3.63) is 29.6 Å². The first-order valence-corrected chi connectivity index (χ1v) is 4.26. The summed E-state index contributed by atoms with van der Waals surface area (Å²) in [5, 5.41) is 11.8. The Morgan fingerprint density at radius 1 is 1.47 bits per heavy atom. The van der Waals surface area contributed by atoms with Crippen LogP contribution in [0.1, 0.15) is 5.56 Å². The molecule has 1 aromatic carbocycles. The number of ether oxygens (including phenoxy) is 2. The largest absolute Gasteiger partial charge is 0.496 e. The number of halogens is 1. The van der Waals surface area contributed by atoms with Gasteiger partial charge in [-0.3, -0.25) is 0 Å². The molecule has 0 aliphatic rings. The molecular formula is C10H12FNO3. The van der Waals surface area contributed by atoms with Crippen molar-refractivity contribution in [2.75, 3.05) is 20.8 Å². The molecule has 0 bridgehead atoms. The van der Waals surface area contributed by atoms with Crippen molar-refractivity contribution in [3.63, 3.8) is 0 Å². The highest BCUT2D eigenvalue weighted by Gasteiger charge is 2.11. The fourth-order valence-corrected chi connectivity index (χ4v) is 1.20. The van der Waals surface area contributed by atoms with E-state index >= 15 is 0 Å². The Bertz CT molecular complexity index is 366. The van der Waals surface area contributed by atoms with E-state index in [2.05, 4.69) is 5.16 Å². The SMILES string of the molecule is COC/C(=N\O)c1cc(F)ccc1OC. The molecule has 0 saturated heterocycles. The van der Waals surface area contributed by atoms with E-state index in [9.17, 15) is 4.39 Å². The lowest BCUT2D eigenvalue weighted by atomic mass is 10.1. The maximum absolute atomic E-state index is 13.0. The molecule has 1 rings (SSSR count). The second-order valence-corrected chi connectivity index (χ2v) is 2.82. The van der Waals surface area contributed by atoms with Gasteiger partial charge in [-0.25, -0.2) is 4.39 Å². The van der Waals surface area contributed by atoms with Crippen LogP contribution in [0.15, 0.2) is 23.4 Å². The summed E-state index contributed by atoms with van der Waals surface area (Å²) in [5.41, 5.74) is 0.593. The van der Waals surface area contributed by atoms with Gasteiger partial charge in [-0.15, -0.1) is 0 Å². The zero-order valence-electron chi connectivity index (χ0n) is 8.53. The minimum absolute atomic E-state index is 0.0797. The Hall–Kier alpha value is -1.62. The molecular weight excluding hydrogens is 201 g/mol. The van der Waals surface area contributed by atoms with Gasteiger partial charge in [0.25, 0.3) is 0 Å². The van der Waals surface area contributed by atoms with Crippen molar-refractivity contribution in [1.29, 1.82) is 0 Å². The highest BCUT2D eigenvalue weighted by atomic mass is 19.1. The van der Waals surface area contributed by atoms with Gasteiger partial charge in [-0.05, 0) is 18.2 Å². The van der Waals surface area contributed by atoms with Crippen LogP contribution in [0.2, 0.25) is 0 Å². The van der Waals surface area contributed by atoms with Crippen LogP contribution in [0.3, 0.4) is 0 Å². The predicted octanol–water partition coefficient (Wildman–Crippen LogP) is 1.66. The van der Waals surface area contributed by atoms with Crippen molar-refractivity contribution in [3.8, 4) is 5.75 Å². The number of oxime groups is 1. The minimum Gasteiger partial charge on any atom is -0.496 e. The number of rotatable bonds is 4. The summed E-state index contributed by atoms with van der Waals surface area (Å²) in [6, 6.07) is 3.96. The molecule has 0 aromatic heterocycles. The smallest absolute Gasteiger partial charge is 0.128 e. The number of methoxy groups -OCH3 is 2. The summed E-state index contributed by atoms with van der Waals surface area (Å²) < 4.78 is 22.8. The molecule has 0 atom stereocenters. The standard InChI is InChI=1S/C10H12FNO3/c1-14-6-9(12-13)8-5-7(11)3-4-10(8)15-2/h3-5,13H,6H2,1-2H3/b12-9+. The average Bonchev–Trinajstić information content (AvgIpc) is 2.26. The zero-order chi connectivity index (χ0) is 11.3. The number of hydrogen-bond donors (Lipinski definition) is 1. The Morgan fingerprint density at radius 2 is 2.20 bits per heavy atom. The molecule has 0 unspecified atom stereocenters. The third-order valence-electron chi connectivity index (χ3n) is 1.87. The van der Waals surface area contributed by atoms with Gasteiger partial charge in [0.1, 0.15) is 17.3 Å². The molecule has 82 valence electrons. The third kappa shape index (κ3) is 2.66. The molecule has 0 aliphatic heterocycles. The highest BCUT2D eigenvalue weighted by molar-refractivity contribution is 6.03. The van der Waals surface area contributed by atoms with Crippen molar-refractivity contribution >= 4 is 5.71 Å². The van der Waals surface area contributed by atoms with Crippen LogP contribution in [0, 0.1) is 5.82 Å². The summed E-state index contributed by atoms with van der Waals surface area (Å²) in [5.74, 6) is 0.00398. The molecule has 0 radical (unpaired) electrons. The van der Waals surface area contributed by atoms with E-state index in [1.54, 1.807) is 0 Å². The fraction of sp³-hybridized carbons (Fsp3) is 0.300. The van der Waals surface area contributed by atoms with Crippen LogP contribution in [0.4, 0.5) is 4.39 Å². The lowest BCUT2D eigenvalue weighted by Crippen LogP contribution is -2.10. The predicted molar refractivity (Wildman–Crippen MR) is 53.2 cm³/mol. The van der Waals surface area contributed by atoms with Crippen LogP contribution in [0.25, 0.3) is 0 Å². The highest BCUT2D eigenvalue weighted by Crippen LogP contribution is 2.20. The molecule has 4 nitrogen and oxygen atoms in total. The van der Waals surface area contributed by atoms with E-state index < -0.39 is 5.82 Å². The van der Waals surface area contributed by atoms with E-state index in [-0.39, 0.29) is 12.3 Å². The van der Waals surface area contributed by atoms with E-state index in [0.29, 0.717) is 11.3 Å². The molecule has 0 aliphatic carbocycles. The Balaban J connectivity index is 3.14. The first-order valence-electron chi connectivity index (χ1n) is 4.26. The monoisotopic (exact) mass is 213 g/mol. The molecule has 1 N–H and O–H groups in total. The summed E-state index contributed by atoms with van der Waals surface area (Å²) in [4.78, 5) is 0. The molecule has 15 heavy (non-hydrogen) atoms. The Labute approximate surface area is 86.9 Å². The number of hydrogen-bond acceptors (Lipinski definition) is 4. The minimum atomic E-state index is -0.428. The average molecular weight is 213 g/mol. The molecule has 0 saturated carbocycles. The van der Waals surface area contributed by atoms with Crippen molar-refractivity contribution in [2.45, 2.75) is 0 Å². The van der Waals surface area contributed by atoms with Gasteiger partial charge in [0.2, 0.25) is 0 Å². The topological polar surface area (TPSA) is 51.0 Å². The number of nitrogens with zero attached hydrogens (tertiary/aromatic N) is 1. The van der Waals surface area contributed by atoms with Crippen molar-refractivity contribution < 1.29 is 19.1 Å². The molecule has 0 amide bonds. The summed E-state index contributed by atoms with van der Waals surface area (Å²) >= 11 is 0. The van der Waals surface area contributed by atoms with E-state index in [4.69, 9.17) is 14.7 Å². The van der Waals surface area contributed by atoms with E-state index in [0.717, 1.165) is 0 Å². The van der Waals surface area contributed by atoms with Gasteiger partial charge < -0.3 is 14.7 Å². The lowest BCUT2D eigenvalue weighted by molar-refractivity contribution is 0.237. The first kappa shape index (κ1) is 11.5. The lowest BCUT2D eigenvalue weighted by Gasteiger charge is -2.09. The maximum atomic E-state index is 13.0. The second-order valence-electron chi connectivity index (χ2n) is 2.82. The van der Waals surface area contributed by atoms with E-state index in [1.165, 1.54) is 32.4 Å². The van der Waals surface area contributed by atoms with Crippen LogP contribution < -0.4 is 4.74 Å². The van der Waals surface area contributed by atoms with Crippen molar-refractivity contribution in [2.24, 2.45) is 5.16 Å². The van der Waals surface area contributed by atoms with Crippen LogP contribution in [0.5, 0.6) is 5.75 Å². The first-order chi connectivity index (χ1) is 7.22. The van der Waals surface area contributed by atoms with Crippen molar-refractivity contribution in [1.82, 2.24) is 0 Å². The molecule has 0 fully saturated rings. The zero-order valence-corrected chi connectivity index (χ0v) is 8.53. The Kier molecular flexibility index (Phi) is 4.05. The molecule has 0 heterocycles. The normalized spacial score (nSPS) is 11.5. The molecule has 0 spiro atoms. The van der Waals surface area contributed by atoms with Crippen LogP contribution in [-0.2, 0) is 4.74 Å². The van der Waals surface area contributed by atoms with Gasteiger partial charge >= 0.3 is 0 Å². The third-order valence-corrected chi connectivity index (χ3v) is 1.87. The maximum Gasteiger partial charge on any atom is 0.128 e. The van der Waals surface area contributed by atoms with Crippen LogP contribution in [-0.4, -0.2) is 31.7 Å². The molecule has 1 aromatic rings. The van der Waals surface area contributed by atoms with Gasteiger partial charge in [0.05, 0.1) is 13.7 Å². The quantitative estimate of drug-likeness (QED) is 0.470.